The van der Waals surface area contributed by atoms with Crippen molar-refractivity contribution >= 4 is 65.0 Å². The molecule has 6 aromatic carbocycles. The number of benzene rings is 6. The number of halogens is 2. The summed E-state index contributed by atoms with van der Waals surface area (Å²) in [4.78, 5) is 28.0. The van der Waals surface area contributed by atoms with E-state index in [2.05, 4.69) is 31.9 Å². The molecule has 0 aliphatic rings. The molecule has 182 valence electrons. The summed E-state index contributed by atoms with van der Waals surface area (Å²) in [6, 6.07) is 38.5. The SMILES string of the molecule is O=C(c1ccc(Br)cc1)c1ccc2ccccc2c1-c1c(C(=O)c2ccc(Br)cc2)ccc2ccccc12. The van der Waals surface area contributed by atoms with Crippen LogP contribution in [-0.4, -0.2) is 11.6 Å². The molecule has 0 saturated heterocycles. The van der Waals surface area contributed by atoms with Crippen molar-refractivity contribution in [3.8, 4) is 11.1 Å². The van der Waals surface area contributed by atoms with Crippen LogP contribution in [0.1, 0.15) is 31.8 Å². The van der Waals surface area contributed by atoms with E-state index in [1.54, 1.807) is 0 Å². The number of carbonyl (C=O) groups excluding carboxylic acids is 2. The van der Waals surface area contributed by atoms with Gasteiger partial charge in [-0.2, -0.15) is 0 Å². The van der Waals surface area contributed by atoms with Crippen molar-refractivity contribution < 1.29 is 9.59 Å². The molecule has 38 heavy (non-hydrogen) atoms. The fourth-order valence-corrected chi connectivity index (χ4v) is 5.50. The molecule has 0 heterocycles. The number of fused-ring (bicyclic) bond motifs is 2. The first-order valence-electron chi connectivity index (χ1n) is 12.2. The Morgan fingerprint density at radius 3 is 1.18 bits per heavy atom. The molecule has 0 bridgehead atoms. The molecular formula is C34H20Br2O2. The number of ketones is 2. The van der Waals surface area contributed by atoms with Crippen molar-refractivity contribution in [2.75, 3.05) is 0 Å². The number of rotatable bonds is 5. The van der Waals surface area contributed by atoms with Crippen LogP contribution in [0.3, 0.4) is 0 Å². The fraction of sp³-hybridized carbons (Fsp3) is 0. The maximum atomic E-state index is 14.0. The van der Waals surface area contributed by atoms with Crippen LogP contribution in [0.4, 0.5) is 0 Å². The van der Waals surface area contributed by atoms with Crippen molar-refractivity contribution in [1.82, 2.24) is 0 Å². The molecule has 0 aromatic heterocycles. The van der Waals surface area contributed by atoms with E-state index in [0.29, 0.717) is 22.3 Å². The summed E-state index contributed by atoms with van der Waals surface area (Å²) in [6.07, 6.45) is 0. The van der Waals surface area contributed by atoms with Gasteiger partial charge in [-0.3, -0.25) is 9.59 Å². The molecule has 0 aliphatic carbocycles. The molecule has 0 radical (unpaired) electrons. The Bertz CT molecular complexity index is 1710. The molecular weight excluding hydrogens is 600 g/mol. The van der Waals surface area contributed by atoms with E-state index in [1.165, 1.54) is 0 Å². The summed E-state index contributed by atoms with van der Waals surface area (Å²) in [5, 5.41) is 3.86. The number of hydrogen-bond donors (Lipinski definition) is 0. The molecule has 0 atom stereocenters. The topological polar surface area (TPSA) is 34.1 Å². The Morgan fingerprint density at radius 1 is 0.421 bits per heavy atom. The Balaban J connectivity index is 1.70. The Morgan fingerprint density at radius 2 is 0.789 bits per heavy atom. The molecule has 0 aliphatic heterocycles. The van der Waals surface area contributed by atoms with Gasteiger partial charge >= 0.3 is 0 Å². The van der Waals surface area contributed by atoms with Gasteiger partial charge in [0.05, 0.1) is 0 Å². The van der Waals surface area contributed by atoms with Gasteiger partial charge in [0, 0.05) is 42.3 Å². The average molecular weight is 620 g/mol. The van der Waals surface area contributed by atoms with Gasteiger partial charge in [0.15, 0.2) is 11.6 Å². The Labute approximate surface area is 237 Å². The molecule has 0 amide bonds. The molecule has 0 N–H and O–H groups in total. The predicted octanol–water partition coefficient (Wildman–Crippen LogP) is 9.65. The maximum Gasteiger partial charge on any atom is 0.193 e. The van der Waals surface area contributed by atoms with Gasteiger partial charge < -0.3 is 0 Å². The van der Waals surface area contributed by atoms with E-state index >= 15 is 0 Å². The minimum Gasteiger partial charge on any atom is -0.289 e. The van der Waals surface area contributed by atoms with Gasteiger partial charge in [0.2, 0.25) is 0 Å². The summed E-state index contributed by atoms with van der Waals surface area (Å²) in [5.41, 5.74) is 3.84. The van der Waals surface area contributed by atoms with Gasteiger partial charge in [0.1, 0.15) is 0 Å². The summed E-state index contributed by atoms with van der Waals surface area (Å²) in [7, 11) is 0. The van der Waals surface area contributed by atoms with Gasteiger partial charge in [-0.25, -0.2) is 0 Å². The molecule has 0 fully saturated rings. The van der Waals surface area contributed by atoms with E-state index in [1.807, 2.05) is 121 Å². The smallest absolute Gasteiger partial charge is 0.193 e. The van der Waals surface area contributed by atoms with E-state index in [0.717, 1.165) is 41.6 Å². The van der Waals surface area contributed by atoms with E-state index in [4.69, 9.17) is 0 Å². The Kier molecular flexibility index (Phi) is 6.52. The average Bonchev–Trinajstić information content (AvgIpc) is 2.96. The lowest BCUT2D eigenvalue weighted by molar-refractivity contribution is 0.103. The fourth-order valence-electron chi connectivity index (χ4n) is 4.97. The molecule has 2 nitrogen and oxygen atoms in total. The molecule has 6 rings (SSSR count). The second-order valence-corrected chi connectivity index (χ2v) is 10.9. The number of hydrogen-bond acceptors (Lipinski definition) is 2. The molecule has 4 heteroatoms. The van der Waals surface area contributed by atoms with Crippen molar-refractivity contribution in [2.24, 2.45) is 0 Å². The first-order valence-corrected chi connectivity index (χ1v) is 13.7. The quantitative estimate of drug-likeness (QED) is 0.180. The third-order valence-electron chi connectivity index (χ3n) is 6.81. The Hall–Kier alpha value is -3.86. The molecule has 6 aromatic rings. The molecule has 0 unspecified atom stereocenters. The highest BCUT2D eigenvalue weighted by molar-refractivity contribution is 9.10. The molecule has 0 saturated carbocycles. The molecule has 0 spiro atoms. The van der Waals surface area contributed by atoms with Crippen LogP contribution in [0.15, 0.2) is 130 Å². The first-order chi connectivity index (χ1) is 18.5. The van der Waals surface area contributed by atoms with Crippen LogP contribution in [0.25, 0.3) is 32.7 Å². The maximum absolute atomic E-state index is 14.0. The third-order valence-corrected chi connectivity index (χ3v) is 7.87. The lowest BCUT2D eigenvalue weighted by atomic mass is 9.83. The zero-order valence-electron chi connectivity index (χ0n) is 20.1. The first kappa shape index (κ1) is 24.5. The van der Waals surface area contributed by atoms with Crippen LogP contribution in [-0.2, 0) is 0 Å². The zero-order chi connectivity index (χ0) is 26.2. The summed E-state index contributed by atoms with van der Waals surface area (Å²) in [5.74, 6) is -0.179. The second kappa shape index (κ2) is 10.1. The van der Waals surface area contributed by atoms with E-state index in [-0.39, 0.29) is 11.6 Å². The highest BCUT2D eigenvalue weighted by atomic mass is 79.9. The van der Waals surface area contributed by atoms with E-state index in [9.17, 15) is 9.59 Å². The van der Waals surface area contributed by atoms with Gasteiger partial charge in [-0.1, -0.05) is 92.5 Å². The van der Waals surface area contributed by atoms with E-state index < -0.39 is 0 Å². The van der Waals surface area contributed by atoms with Crippen molar-refractivity contribution in [1.29, 1.82) is 0 Å². The standard InChI is InChI=1S/C34H20Br2O2/c35-25-15-9-23(10-16-25)33(37)29-19-13-21-5-1-3-7-27(21)31(29)32-28-8-4-2-6-22(28)14-20-30(32)34(38)24-11-17-26(36)18-12-24/h1-20H. The highest BCUT2D eigenvalue weighted by Gasteiger charge is 2.24. The third kappa shape index (κ3) is 4.40. The zero-order valence-corrected chi connectivity index (χ0v) is 23.3. The lowest BCUT2D eigenvalue weighted by Gasteiger charge is -2.19. The highest BCUT2D eigenvalue weighted by Crippen LogP contribution is 2.40. The largest absolute Gasteiger partial charge is 0.289 e. The summed E-state index contributed by atoms with van der Waals surface area (Å²) < 4.78 is 1.81. The normalized spacial score (nSPS) is 11.1. The van der Waals surface area contributed by atoms with Crippen LogP contribution >= 0.6 is 31.9 Å². The lowest BCUT2D eigenvalue weighted by Crippen LogP contribution is -2.08. The van der Waals surface area contributed by atoms with Crippen LogP contribution in [0.5, 0.6) is 0 Å². The van der Waals surface area contributed by atoms with Gasteiger partial charge in [-0.15, -0.1) is 0 Å². The van der Waals surface area contributed by atoms with Crippen LogP contribution in [0, 0.1) is 0 Å². The van der Waals surface area contributed by atoms with Crippen molar-refractivity contribution in [3.63, 3.8) is 0 Å². The van der Waals surface area contributed by atoms with Crippen molar-refractivity contribution in [2.45, 2.75) is 0 Å². The number of carbonyl (C=O) groups is 2. The minimum atomic E-state index is -0.0896. The summed E-state index contributed by atoms with van der Waals surface area (Å²) in [6.45, 7) is 0. The van der Waals surface area contributed by atoms with Crippen molar-refractivity contribution in [3.05, 3.63) is 153 Å². The minimum absolute atomic E-state index is 0.0896. The van der Waals surface area contributed by atoms with Crippen LogP contribution in [0.2, 0.25) is 0 Å². The monoisotopic (exact) mass is 618 g/mol. The van der Waals surface area contributed by atoms with Crippen LogP contribution < -0.4 is 0 Å². The second-order valence-electron chi connectivity index (χ2n) is 9.09. The van der Waals surface area contributed by atoms with Gasteiger partial charge in [0.25, 0.3) is 0 Å². The predicted molar refractivity (Wildman–Crippen MR) is 162 cm³/mol. The van der Waals surface area contributed by atoms with Gasteiger partial charge in [-0.05, 0) is 82.2 Å². The summed E-state index contributed by atoms with van der Waals surface area (Å²) >= 11 is 6.92.